The van der Waals surface area contributed by atoms with Crippen LogP contribution in [0.4, 0.5) is 0 Å². The van der Waals surface area contributed by atoms with E-state index in [2.05, 4.69) is 0 Å². The average molecular weight is 210 g/mol. The van der Waals surface area contributed by atoms with Gasteiger partial charge in [-0.25, -0.2) is 0 Å². The number of carbonyl (C=O) groups excluding carboxylic acids is 1. The molecule has 0 aromatic rings. The number of carbonyl (C=O) groups is 1. The molecule has 1 fully saturated rings. The molecule has 1 amide bonds. The van der Waals surface area contributed by atoms with Crippen molar-refractivity contribution in [2.75, 3.05) is 13.1 Å². The van der Waals surface area contributed by atoms with Gasteiger partial charge in [0.15, 0.2) is 0 Å². The molecule has 84 valence electrons. The number of hydrogen-bond acceptors (Lipinski definition) is 3. The van der Waals surface area contributed by atoms with E-state index in [1.165, 1.54) is 0 Å². The first-order valence-electron chi connectivity index (χ1n) is 5.43. The van der Waals surface area contributed by atoms with Gasteiger partial charge in [0.1, 0.15) is 6.42 Å². The summed E-state index contributed by atoms with van der Waals surface area (Å²) in [6.07, 6.45) is 2.29. The predicted octanol–water partition coefficient (Wildman–Crippen LogP) is 1.32. The monoisotopic (exact) mass is 210 g/mol. The first-order valence-corrected chi connectivity index (χ1v) is 5.43. The Labute approximate surface area is 90.8 Å². The molecule has 15 heavy (non-hydrogen) atoms. The van der Waals surface area contributed by atoms with Crippen molar-refractivity contribution in [2.24, 2.45) is 0 Å². The quantitative estimate of drug-likeness (QED) is 0.705. The van der Waals surface area contributed by atoms with Crippen molar-refractivity contribution in [3.8, 4) is 6.07 Å². The second-order valence-electron chi connectivity index (χ2n) is 4.10. The minimum Gasteiger partial charge on any atom is -0.375 e. The van der Waals surface area contributed by atoms with Crippen molar-refractivity contribution in [2.45, 2.75) is 45.3 Å². The Balaban J connectivity index is 2.30. The molecule has 0 atom stereocenters. The lowest BCUT2D eigenvalue weighted by Gasteiger charge is -2.32. The molecule has 0 spiro atoms. The van der Waals surface area contributed by atoms with Crippen LogP contribution in [0, 0.1) is 11.3 Å². The smallest absolute Gasteiger partial charge is 0.236 e. The van der Waals surface area contributed by atoms with Gasteiger partial charge in [-0.05, 0) is 26.7 Å². The summed E-state index contributed by atoms with van der Waals surface area (Å²) in [5.74, 6) is -0.0551. The van der Waals surface area contributed by atoms with Crippen LogP contribution in [0.25, 0.3) is 0 Å². The van der Waals surface area contributed by atoms with Gasteiger partial charge in [0.05, 0.1) is 18.3 Å². The lowest BCUT2D eigenvalue weighted by Crippen LogP contribution is -2.41. The van der Waals surface area contributed by atoms with E-state index in [0.717, 1.165) is 25.9 Å². The van der Waals surface area contributed by atoms with Crippen molar-refractivity contribution in [3.05, 3.63) is 0 Å². The molecular formula is C11H18N2O2. The third-order valence-corrected chi connectivity index (χ3v) is 2.49. The van der Waals surface area contributed by atoms with Crippen LogP contribution in [0.15, 0.2) is 0 Å². The highest BCUT2D eigenvalue weighted by Gasteiger charge is 2.23. The standard InChI is InChI=1S/C11H18N2O2/c1-9(2)15-10-4-7-13(8-5-10)11(14)3-6-12/h9-10H,3-5,7-8H2,1-2H3. The van der Waals surface area contributed by atoms with Gasteiger partial charge >= 0.3 is 0 Å². The third-order valence-electron chi connectivity index (χ3n) is 2.49. The molecule has 0 N–H and O–H groups in total. The van der Waals surface area contributed by atoms with E-state index in [1.54, 1.807) is 4.90 Å². The summed E-state index contributed by atoms with van der Waals surface area (Å²) in [5.41, 5.74) is 0. The SMILES string of the molecule is CC(C)OC1CCN(C(=O)CC#N)CC1. The Morgan fingerprint density at radius 2 is 2.13 bits per heavy atom. The molecular weight excluding hydrogens is 192 g/mol. The number of ether oxygens (including phenoxy) is 1. The molecule has 0 aromatic heterocycles. The van der Waals surface area contributed by atoms with Crippen LogP contribution in [-0.2, 0) is 9.53 Å². The fourth-order valence-electron chi connectivity index (χ4n) is 1.81. The van der Waals surface area contributed by atoms with Gasteiger partial charge in [-0.2, -0.15) is 5.26 Å². The van der Waals surface area contributed by atoms with Gasteiger partial charge < -0.3 is 9.64 Å². The fraction of sp³-hybridized carbons (Fsp3) is 0.818. The lowest BCUT2D eigenvalue weighted by atomic mass is 10.1. The highest BCUT2D eigenvalue weighted by atomic mass is 16.5. The molecule has 1 heterocycles. The maximum Gasteiger partial charge on any atom is 0.236 e. The molecule has 1 saturated heterocycles. The van der Waals surface area contributed by atoms with Crippen LogP contribution in [0.2, 0.25) is 0 Å². The minimum atomic E-state index is -0.0551. The Kier molecular flexibility index (Phi) is 4.57. The number of likely N-dealkylation sites (tertiary alicyclic amines) is 1. The van der Waals surface area contributed by atoms with Crippen LogP contribution in [-0.4, -0.2) is 36.1 Å². The second-order valence-corrected chi connectivity index (χ2v) is 4.10. The fourth-order valence-corrected chi connectivity index (χ4v) is 1.81. The Hall–Kier alpha value is -1.08. The van der Waals surface area contributed by atoms with Crippen molar-refractivity contribution >= 4 is 5.91 Å². The van der Waals surface area contributed by atoms with E-state index in [1.807, 2.05) is 19.9 Å². The molecule has 4 heteroatoms. The third kappa shape index (κ3) is 3.88. The van der Waals surface area contributed by atoms with E-state index in [4.69, 9.17) is 10.00 Å². The molecule has 4 nitrogen and oxygen atoms in total. The van der Waals surface area contributed by atoms with Gasteiger partial charge in [0.25, 0.3) is 0 Å². The number of nitriles is 1. The lowest BCUT2D eigenvalue weighted by molar-refractivity contribution is -0.133. The Morgan fingerprint density at radius 1 is 1.53 bits per heavy atom. The maximum absolute atomic E-state index is 11.4. The van der Waals surface area contributed by atoms with Crippen LogP contribution in [0.3, 0.4) is 0 Å². The normalized spacial score (nSPS) is 17.9. The highest BCUT2D eigenvalue weighted by molar-refractivity contribution is 5.78. The van der Waals surface area contributed by atoms with Crippen LogP contribution < -0.4 is 0 Å². The molecule has 0 bridgehead atoms. The number of rotatable bonds is 3. The van der Waals surface area contributed by atoms with Crippen LogP contribution in [0.5, 0.6) is 0 Å². The molecule has 1 aliphatic rings. The summed E-state index contributed by atoms with van der Waals surface area (Å²) < 4.78 is 5.68. The first-order chi connectivity index (χ1) is 7.13. The zero-order valence-corrected chi connectivity index (χ0v) is 9.40. The van der Waals surface area contributed by atoms with E-state index in [0.29, 0.717) is 0 Å². The molecule has 0 aromatic carbocycles. The average Bonchev–Trinajstić information content (AvgIpc) is 2.18. The second kappa shape index (κ2) is 5.72. The maximum atomic E-state index is 11.4. The van der Waals surface area contributed by atoms with E-state index >= 15 is 0 Å². The Bertz CT molecular complexity index is 250. The summed E-state index contributed by atoms with van der Waals surface area (Å²) in [7, 11) is 0. The predicted molar refractivity (Wildman–Crippen MR) is 56.1 cm³/mol. The molecule has 0 saturated carbocycles. The number of piperidine rings is 1. The zero-order chi connectivity index (χ0) is 11.3. The van der Waals surface area contributed by atoms with Gasteiger partial charge in [0.2, 0.25) is 5.91 Å². The van der Waals surface area contributed by atoms with Crippen molar-refractivity contribution in [1.29, 1.82) is 5.26 Å². The highest BCUT2D eigenvalue weighted by Crippen LogP contribution is 2.15. The Morgan fingerprint density at radius 3 is 2.60 bits per heavy atom. The van der Waals surface area contributed by atoms with Crippen molar-refractivity contribution < 1.29 is 9.53 Å². The summed E-state index contributed by atoms with van der Waals surface area (Å²) in [6.45, 7) is 5.48. The minimum absolute atomic E-state index is 0.00426. The van der Waals surface area contributed by atoms with Crippen LogP contribution >= 0.6 is 0 Å². The molecule has 0 radical (unpaired) electrons. The first kappa shape index (κ1) is 12.0. The van der Waals surface area contributed by atoms with Gasteiger partial charge in [-0.3, -0.25) is 4.79 Å². The number of amides is 1. The van der Waals surface area contributed by atoms with Gasteiger partial charge in [-0.1, -0.05) is 0 Å². The van der Waals surface area contributed by atoms with Crippen molar-refractivity contribution in [1.82, 2.24) is 4.90 Å². The number of hydrogen-bond donors (Lipinski definition) is 0. The number of nitrogens with zero attached hydrogens (tertiary/aromatic N) is 2. The van der Waals surface area contributed by atoms with Gasteiger partial charge in [-0.15, -0.1) is 0 Å². The molecule has 0 aliphatic carbocycles. The van der Waals surface area contributed by atoms with Gasteiger partial charge in [0, 0.05) is 13.1 Å². The van der Waals surface area contributed by atoms with E-state index < -0.39 is 0 Å². The van der Waals surface area contributed by atoms with Crippen LogP contribution in [0.1, 0.15) is 33.1 Å². The van der Waals surface area contributed by atoms with E-state index in [-0.39, 0.29) is 24.5 Å². The summed E-state index contributed by atoms with van der Waals surface area (Å²) in [6, 6.07) is 1.89. The topological polar surface area (TPSA) is 53.3 Å². The molecule has 1 rings (SSSR count). The largest absolute Gasteiger partial charge is 0.375 e. The zero-order valence-electron chi connectivity index (χ0n) is 9.40. The summed E-state index contributed by atoms with van der Waals surface area (Å²) >= 11 is 0. The molecule has 0 unspecified atom stereocenters. The summed E-state index contributed by atoms with van der Waals surface area (Å²) in [4.78, 5) is 13.1. The van der Waals surface area contributed by atoms with Crippen molar-refractivity contribution in [3.63, 3.8) is 0 Å². The molecule has 1 aliphatic heterocycles. The van der Waals surface area contributed by atoms with E-state index in [9.17, 15) is 4.79 Å². The summed E-state index contributed by atoms with van der Waals surface area (Å²) in [5, 5.41) is 8.42.